The van der Waals surface area contributed by atoms with Crippen LogP contribution in [0.5, 0.6) is 0 Å². The van der Waals surface area contributed by atoms with Crippen molar-refractivity contribution in [3.63, 3.8) is 0 Å². The van der Waals surface area contributed by atoms with E-state index in [1.807, 2.05) is 7.05 Å². The zero-order chi connectivity index (χ0) is 15.7. The molecule has 2 aliphatic heterocycles. The minimum atomic E-state index is -0.494. The molecule has 2 aliphatic rings. The molecule has 22 heavy (non-hydrogen) atoms. The fraction of sp³-hybridized carbons (Fsp3) is 0.562. The number of nitrogens with zero attached hydrogens (tertiary/aromatic N) is 2. The maximum Gasteiger partial charge on any atom is 0.244 e. The van der Waals surface area contributed by atoms with Gasteiger partial charge >= 0.3 is 0 Å². The molecule has 0 aromatic heterocycles. The molecule has 0 spiro atoms. The molecule has 1 aromatic carbocycles. The van der Waals surface area contributed by atoms with Crippen LogP contribution in [0.1, 0.15) is 12.8 Å². The molecule has 0 saturated carbocycles. The van der Waals surface area contributed by atoms with Gasteiger partial charge in [-0.1, -0.05) is 11.6 Å². The van der Waals surface area contributed by atoms with Gasteiger partial charge in [-0.05, 0) is 44.0 Å². The van der Waals surface area contributed by atoms with Gasteiger partial charge in [-0.3, -0.25) is 9.69 Å². The molecule has 0 unspecified atom stereocenters. The van der Waals surface area contributed by atoms with E-state index >= 15 is 0 Å². The zero-order valence-electron chi connectivity index (χ0n) is 12.6. The Labute approximate surface area is 134 Å². The summed E-state index contributed by atoms with van der Waals surface area (Å²) in [6.07, 6.45) is 1.81. The van der Waals surface area contributed by atoms with Crippen molar-refractivity contribution in [2.75, 3.05) is 38.3 Å². The van der Waals surface area contributed by atoms with Gasteiger partial charge in [0.1, 0.15) is 5.82 Å². The summed E-state index contributed by atoms with van der Waals surface area (Å²) in [7, 11) is 1.98. The van der Waals surface area contributed by atoms with Gasteiger partial charge in [-0.2, -0.15) is 0 Å². The molecule has 4 nitrogen and oxygen atoms in total. The third-order valence-electron chi connectivity index (χ3n) is 4.49. The largest absolute Gasteiger partial charge is 0.381 e. The summed E-state index contributed by atoms with van der Waals surface area (Å²) in [5, 5.41) is 0.0743. The van der Waals surface area contributed by atoms with Crippen molar-refractivity contribution in [3.8, 4) is 0 Å². The predicted octanol–water partition coefficient (Wildman–Crippen LogP) is 2.55. The Hall–Kier alpha value is -1.17. The maximum atomic E-state index is 13.6. The lowest BCUT2D eigenvalue weighted by Crippen LogP contribution is -2.42. The monoisotopic (exact) mass is 326 g/mol. The van der Waals surface area contributed by atoms with E-state index < -0.39 is 5.82 Å². The second-order valence-corrected chi connectivity index (χ2v) is 6.47. The van der Waals surface area contributed by atoms with E-state index in [4.69, 9.17) is 16.3 Å². The van der Waals surface area contributed by atoms with Crippen molar-refractivity contribution in [1.82, 2.24) is 4.90 Å². The molecule has 2 heterocycles. The third-order valence-corrected chi connectivity index (χ3v) is 4.80. The number of likely N-dealkylation sites (N-methyl/N-ethyl adjacent to an activating group) is 1. The molecular formula is C16H20ClFN2O2. The Kier molecular flexibility index (Phi) is 4.66. The summed E-state index contributed by atoms with van der Waals surface area (Å²) in [5.74, 6) is 0.0369. The average molecular weight is 327 g/mol. The minimum Gasteiger partial charge on any atom is -0.381 e. The van der Waals surface area contributed by atoms with Crippen LogP contribution in [0.2, 0.25) is 5.02 Å². The normalized spacial score (nSPS) is 25.5. The van der Waals surface area contributed by atoms with Gasteiger partial charge in [0.2, 0.25) is 5.91 Å². The van der Waals surface area contributed by atoms with E-state index in [0.717, 1.165) is 32.6 Å². The fourth-order valence-electron chi connectivity index (χ4n) is 3.24. The van der Waals surface area contributed by atoms with Crippen LogP contribution in [0.3, 0.4) is 0 Å². The number of anilines is 1. The molecule has 2 saturated heterocycles. The van der Waals surface area contributed by atoms with Gasteiger partial charge in [0.15, 0.2) is 0 Å². The fourth-order valence-corrected chi connectivity index (χ4v) is 3.36. The van der Waals surface area contributed by atoms with Crippen LogP contribution in [-0.2, 0) is 9.53 Å². The smallest absolute Gasteiger partial charge is 0.244 e. The molecule has 2 fully saturated rings. The summed E-state index contributed by atoms with van der Waals surface area (Å²) < 4.78 is 19.0. The number of rotatable bonds is 4. The molecule has 3 rings (SSSR count). The number of amides is 1. The first-order valence-electron chi connectivity index (χ1n) is 7.60. The van der Waals surface area contributed by atoms with Gasteiger partial charge < -0.3 is 9.64 Å². The molecular weight excluding hydrogens is 307 g/mol. The molecule has 1 aromatic rings. The molecule has 0 N–H and O–H groups in total. The Morgan fingerprint density at radius 3 is 2.95 bits per heavy atom. The highest BCUT2D eigenvalue weighted by molar-refractivity contribution is 6.30. The number of carbonyl (C=O) groups is 1. The molecule has 6 heteroatoms. The van der Waals surface area contributed by atoms with Crippen LogP contribution in [0.15, 0.2) is 18.2 Å². The van der Waals surface area contributed by atoms with Crippen molar-refractivity contribution in [1.29, 1.82) is 0 Å². The summed E-state index contributed by atoms with van der Waals surface area (Å²) in [6, 6.07) is 4.37. The molecule has 0 bridgehead atoms. The molecule has 2 atom stereocenters. The summed E-state index contributed by atoms with van der Waals surface area (Å²) >= 11 is 5.70. The van der Waals surface area contributed by atoms with Crippen LogP contribution in [0.25, 0.3) is 0 Å². The number of carbonyl (C=O) groups excluding carboxylic acids is 1. The van der Waals surface area contributed by atoms with Crippen LogP contribution in [0.4, 0.5) is 10.1 Å². The Balaban J connectivity index is 1.67. The highest BCUT2D eigenvalue weighted by atomic mass is 35.5. The van der Waals surface area contributed by atoms with Crippen LogP contribution in [-0.4, -0.2) is 50.2 Å². The number of hydrogen-bond donors (Lipinski definition) is 0. The third kappa shape index (κ3) is 3.12. The van der Waals surface area contributed by atoms with Crippen molar-refractivity contribution in [2.24, 2.45) is 5.92 Å². The standard InChI is InChI=1S/C16H20ClFN2O2/c1-19(9-11-5-7-22-10-11)15-4-6-20(16(15)21)12-2-3-13(17)14(18)8-12/h2-3,8,11,15H,4-7,9-10H2,1H3/t11-,15-/m0/s1. The average Bonchev–Trinajstić information content (AvgIpc) is 3.11. The van der Waals surface area contributed by atoms with Gasteiger partial charge in [0, 0.05) is 25.4 Å². The van der Waals surface area contributed by atoms with Gasteiger partial charge in [0.25, 0.3) is 0 Å². The van der Waals surface area contributed by atoms with Crippen LogP contribution >= 0.6 is 11.6 Å². The van der Waals surface area contributed by atoms with Crippen molar-refractivity contribution >= 4 is 23.2 Å². The van der Waals surface area contributed by atoms with Crippen LogP contribution < -0.4 is 4.90 Å². The first-order chi connectivity index (χ1) is 10.6. The lowest BCUT2D eigenvalue weighted by atomic mass is 10.1. The quantitative estimate of drug-likeness (QED) is 0.852. The second-order valence-electron chi connectivity index (χ2n) is 6.06. The van der Waals surface area contributed by atoms with E-state index in [0.29, 0.717) is 18.2 Å². The Morgan fingerprint density at radius 1 is 1.45 bits per heavy atom. The lowest BCUT2D eigenvalue weighted by molar-refractivity contribution is -0.121. The van der Waals surface area contributed by atoms with E-state index in [2.05, 4.69) is 4.90 Å². The van der Waals surface area contributed by atoms with E-state index in [1.54, 1.807) is 11.0 Å². The predicted molar refractivity (Wildman–Crippen MR) is 83.7 cm³/mol. The van der Waals surface area contributed by atoms with Crippen LogP contribution in [0, 0.1) is 11.7 Å². The SMILES string of the molecule is CN(C[C@@H]1CCOC1)[C@H]1CCN(c2ccc(Cl)c(F)c2)C1=O. The second kappa shape index (κ2) is 6.52. The molecule has 120 valence electrons. The Morgan fingerprint density at radius 2 is 2.27 bits per heavy atom. The van der Waals surface area contributed by atoms with Crippen molar-refractivity contribution in [3.05, 3.63) is 29.0 Å². The molecule has 1 amide bonds. The first kappa shape index (κ1) is 15.7. The maximum absolute atomic E-state index is 13.6. The van der Waals surface area contributed by atoms with Gasteiger partial charge in [-0.25, -0.2) is 4.39 Å². The number of ether oxygens (including phenoxy) is 1. The molecule has 0 radical (unpaired) electrons. The summed E-state index contributed by atoms with van der Waals surface area (Å²) in [5.41, 5.74) is 0.576. The minimum absolute atomic E-state index is 0.0307. The Bertz CT molecular complexity index is 563. The summed E-state index contributed by atoms with van der Waals surface area (Å²) in [4.78, 5) is 16.4. The van der Waals surface area contributed by atoms with E-state index in [-0.39, 0.29) is 17.0 Å². The summed E-state index contributed by atoms with van der Waals surface area (Å²) in [6.45, 7) is 3.06. The van der Waals surface area contributed by atoms with Crippen molar-refractivity contribution in [2.45, 2.75) is 18.9 Å². The highest BCUT2D eigenvalue weighted by Crippen LogP contribution is 2.28. The topological polar surface area (TPSA) is 32.8 Å². The van der Waals surface area contributed by atoms with E-state index in [1.165, 1.54) is 12.1 Å². The number of hydrogen-bond acceptors (Lipinski definition) is 3. The zero-order valence-corrected chi connectivity index (χ0v) is 13.4. The number of halogens is 2. The molecule has 0 aliphatic carbocycles. The van der Waals surface area contributed by atoms with E-state index in [9.17, 15) is 9.18 Å². The van der Waals surface area contributed by atoms with Gasteiger partial charge in [-0.15, -0.1) is 0 Å². The number of benzene rings is 1. The lowest BCUT2D eigenvalue weighted by Gasteiger charge is -2.26. The van der Waals surface area contributed by atoms with Gasteiger partial charge in [0.05, 0.1) is 17.7 Å². The highest BCUT2D eigenvalue weighted by Gasteiger charge is 2.36. The van der Waals surface area contributed by atoms with Crippen molar-refractivity contribution < 1.29 is 13.9 Å². The first-order valence-corrected chi connectivity index (χ1v) is 7.98.